The zero-order chi connectivity index (χ0) is 19.8. The predicted molar refractivity (Wildman–Crippen MR) is 125 cm³/mol. The highest BCUT2D eigenvalue weighted by molar-refractivity contribution is 14.0. The Morgan fingerprint density at radius 1 is 1.21 bits per heavy atom. The van der Waals surface area contributed by atoms with Gasteiger partial charge in [-0.2, -0.15) is 0 Å². The minimum absolute atomic E-state index is 0. The number of aromatic nitrogens is 1. The highest BCUT2D eigenvalue weighted by atomic mass is 127. The van der Waals surface area contributed by atoms with Gasteiger partial charge in [0.1, 0.15) is 0 Å². The number of carbonyl (C=O) groups excluding carboxylic acids is 2. The van der Waals surface area contributed by atoms with Gasteiger partial charge in [-0.1, -0.05) is 12.1 Å². The molecule has 0 radical (unpaired) electrons. The second kappa shape index (κ2) is 11.3. The molecule has 154 valence electrons. The second-order valence-corrected chi connectivity index (χ2v) is 6.38. The molecule has 0 aliphatic carbocycles. The number of anilines is 2. The van der Waals surface area contributed by atoms with E-state index in [1.165, 1.54) is 0 Å². The maximum absolute atomic E-state index is 12.0. The molecule has 3 rings (SSSR count). The summed E-state index contributed by atoms with van der Waals surface area (Å²) in [5.74, 6) is 0.524. The summed E-state index contributed by atoms with van der Waals surface area (Å²) in [6, 6.07) is 11.4. The van der Waals surface area contributed by atoms with Crippen molar-refractivity contribution in [2.45, 2.75) is 19.4 Å². The number of rotatable bonds is 6. The number of guanidine groups is 1. The van der Waals surface area contributed by atoms with E-state index in [1.807, 2.05) is 29.2 Å². The average Bonchev–Trinajstić information content (AvgIpc) is 3.15. The molecule has 29 heavy (non-hydrogen) atoms. The zero-order valence-corrected chi connectivity index (χ0v) is 18.6. The number of nitrogens with zero attached hydrogens (tertiary/aromatic N) is 3. The summed E-state index contributed by atoms with van der Waals surface area (Å²) in [7, 11) is 1.65. The first-order valence-corrected chi connectivity index (χ1v) is 9.19. The van der Waals surface area contributed by atoms with Crippen molar-refractivity contribution in [2.24, 2.45) is 4.99 Å². The zero-order valence-electron chi connectivity index (χ0n) is 16.2. The van der Waals surface area contributed by atoms with Gasteiger partial charge >= 0.3 is 0 Å². The SMILES string of the molecule is CN=C(NCC(=O)Nc1cccnc1)NCc1ccc(N2CCCC2=O)cc1.I. The molecule has 1 saturated heterocycles. The van der Waals surface area contributed by atoms with E-state index in [9.17, 15) is 9.59 Å². The van der Waals surface area contributed by atoms with Crippen molar-refractivity contribution in [1.82, 2.24) is 15.6 Å². The van der Waals surface area contributed by atoms with Crippen LogP contribution in [0.15, 0.2) is 53.8 Å². The van der Waals surface area contributed by atoms with Gasteiger partial charge in [-0.3, -0.25) is 19.6 Å². The molecule has 2 aromatic rings. The van der Waals surface area contributed by atoms with Crippen LogP contribution in [-0.2, 0) is 16.1 Å². The van der Waals surface area contributed by atoms with Crippen LogP contribution < -0.4 is 20.9 Å². The van der Waals surface area contributed by atoms with E-state index >= 15 is 0 Å². The number of aliphatic imine (C=N–C) groups is 1. The maximum atomic E-state index is 12.0. The van der Waals surface area contributed by atoms with E-state index < -0.39 is 0 Å². The number of hydrogen-bond donors (Lipinski definition) is 3. The molecule has 1 aliphatic heterocycles. The number of nitrogens with one attached hydrogen (secondary N) is 3. The molecule has 8 nitrogen and oxygen atoms in total. The monoisotopic (exact) mass is 508 g/mol. The fraction of sp³-hybridized carbons (Fsp3) is 0.300. The summed E-state index contributed by atoms with van der Waals surface area (Å²) in [6.07, 6.45) is 4.78. The Labute approximate surface area is 187 Å². The van der Waals surface area contributed by atoms with Crippen LogP contribution in [0.4, 0.5) is 11.4 Å². The Bertz CT molecular complexity index is 842. The van der Waals surface area contributed by atoms with Gasteiger partial charge in [0.2, 0.25) is 11.8 Å². The smallest absolute Gasteiger partial charge is 0.243 e. The lowest BCUT2D eigenvalue weighted by atomic mass is 10.2. The third kappa shape index (κ3) is 6.70. The Balaban J connectivity index is 0.00000300. The number of pyridine rings is 1. The van der Waals surface area contributed by atoms with E-state index in [0.29, 0.717) is 24.6 Å². The molecular formula is C20H25IN6O2. The number of benzene rings is 1. The molecule has 0 atom stereocenters. The fourth-order valence-electron chi connectivity index (χ4n) is 2.93. The third-order valence-corrected chi connectivity index (χ3v) is 4.37. The molecule has 0 unspecified atom stereocenters. The van der Waals surface area contributed by atoms with Crippen LogP contribution in [-0.4, -0.2) is 42.9 Å². The van der Waals surface area contributed by atoms with Crippen molar-refractivity contribution in [3.05, 3.63) is 54.4 Å². The lowest BCUT2D eigenvalue weighted by Gasteiger charge is -2.16. The lowest BCUT2D eigenvalue weighted by molar-refractivity contribution is -0.117. The van der Waals surface area contributed by atoms with Gasteiger partial charge in [0.05, 0.1) is 18.4 Å². The standard InChI is InChI=1S/C20H24N6O2.HI/c1-21-20(24-14-18(27)25-16-4-2-10-22-13-16)23-12-15-6-8-17(9-7-15)26-11-3-5-19(26)28;/h2,4,6-10,13H,3,5,11-12,14H2,1H3,(H,25,27)(H2,21,23,24);1H. The van der Waals surface area contributed by atoms with Crippen LogP contribution in [0.5, 0.6) is 0 Å². The van der Waals surface area contributed by atoms with E-state index in [2.05, 4.69) is 25.9 Å². The Hall–Kier alpha value is -2.69. The van der Waals surface area contributed by atoms with Crippen LogP contribution in [0.2, 0.25) is 0 Å². The van der Waals surface area contributed by atoms with Crippen LogP contribution >= 0.6 is 24.0 Å². The van der Waals surface area contributed by atoms with Crippen molar-refractivity contribution < 1.29 is 9.59 Å². The number of hydrogen-bond acceptors (Lipinski definition) is 4. The first-order chi connectivity index (χ1) is 13.7. The summed E-state index contributed by atoms with van der Waals surface area (Å²) >= 11 is 0. The summed E-state index contributed by atoms with van der Waals surface area (Å²) in [5, 5.41) is 8.90. The second-order valence-electron chi connectivity index (χ2n) is 6.38. The molecule has 1 fully saturated rings. The molecule has 9 heteroatoms. The molecular weight excluding hydrogens is 483 g/mol. The quantitative estimate of drug-likeness (QED) is 0.316. The predicted octanol–water partition coefficient (Wildman–Crippen LogP) is 2.13. The molecule has 2 amide bonds. The van der Waals surface area contributed by atoms with Crippen LogP contribution in [0, 0.1) is 0 Å². The first-order valence-electron chi connectivity index (χ1n) is 9.19. The topological polar surface area (TPSA) is 98.7 Å². The lowest BCUT2D eigenvalue weighted by Crippen LogP contribution is -2.41. The maximum Gasteiger partial charge on any atom is 0.243 e. The summed E-state index contributed by atoms with van der Waals surface area (Å²) in [5.41, 5.74) is 2.63. The molecule has 3 N–H and O–H groups in total. The largest absolute Gasteiger partial charge is 0.352 e. The molecule has 0 spiro atoms. The van der Waals surface area contributed by atoms with Crippen LogP contribution in [0.3, 0.4) is 0 Å². The van der Waals surface area contributed by atoms with Crippen molar-refractivity contribution in [3.63, 3.8) is 0 Å². The van der Waals surface area contributed by atoms with E-state index in [1.54, 1.807) is 31.6 Å². The fourth-order valence-corrected chi connectivity index (χ4v) is 2.93. The van der Waals surface area contributed by atoms with Crippen LogP contribution in [0.1, 0.15) is 18.4 Å². The number of amides is 2. The van der Waals surface area contributed by atoms with Gasteiger partial charge in [0.15, 0.2) is 5.96 Å². The normalized spacial score (nSPS) is 13.6. The molecule has 1 aromatic heterocycles. The Morgan fingerprint density at radius 2 is 2.00 bits per heavy atom. The highest BCUT2D eigenvalue weighted by Crippen LogP contribution is 2.21. The van der Waals surface area contributed by atoms with Crippen molar-refractivity contribution >= 4 is 53.1 Å². The van der Waals surface area contributed by atoms with Gasteiger partial charge in [0.25, 0.3) is 0 Å². The Morgan fingerprint density at radius 3 is 2.62 bits per heavy atom. The number of halogens is 1. The molecule has 2 heterocycles. The highest BCUT2D eigenvalue weighted by Gasteiger charge is 2.21. The van der Waals surface area contributed by atoms with Crippen molar-refractivity contribution in [2.75, 3.05) is 30.4 Å². The van der Waals surface area contributed by atoms with E-state index in [4.69, 9.17) is 0 Å². The van der Waals surface area contributed by atoms with Gasteiger partial charge in [-0.25, -0.2) is 0 Å². The van der Waals surface area contributed by atoms with Crippen molar-refractivity contribution in [3.8, 4) is 0 Å². The van der Waals surface area contributed by atoms with Gasteiger partial charge in [-0.05, 0) is 36.2 Å². The summed E-state index contributed by atoms with van der Waals surface area (Å²) in [4.78, 5) is 33.7. The molecule has 1 aromatic carbocycles. The molecule has 0 bridgehead atoms. The molecule has 0 saturated carbocycles. The third-order valence-electron chi connectivity index (χ3n) is 4.37. The van der Waals surface area contributed by atoms with E-state index in [-0.39, 0.29) is 42.3 Å². The van der Waals surface area contributed by atoms with Gasteiger partial charge in [0, 0.05) is 38.4 Å². The minimum atomic E-state index is -0.185. The Kier molecular flexibility index (Phi) is 8.84. The first kappa shape index (κ1) is 22.6. The summed E-state index contributed by atoms with van der Waals surface area (Å²) in [6.45, 7) is 1.43. The molecule has 1 aliphatic rings. The summed E-state index contributed by atoms with van der Waals surface area (Å²) < 4.78 is 0. The van der Waals surface area contributed by atoms with Gasteiger partial charge in [-0.15, -0.1) is 24.0 Å². The minimum Gasteiger partial charge on any atom is -0.352 e. The van der Waals surface area contributed by atoms with E-state index in [0.717, 1.165) is 24.2 Å². The van der Waals surface area contributed by atoms with Crippen LogP contribution in [0.25, 0.3) is 0 Å². The van der Waals surface area contributed by atoms with Gasteiger partial charge < -0.3 is 20.9 Å². The number of carbonyl (C=O) groups is 2. The van der Waals surface area contributed by atoms with Crippen molar-refractivity contribution in [1.29, 1.82) is 0 Å². The average molecular weight is 508 g/mol.